The smallest absolute Gasteiger partial charge is 0.244 e. The van der Waals surface area contributed by atoms with Crippen molar-refractivity contribution >= 4 is 21.6 Å². The van der Waals surface area contributed by atoms with E-state index >= 15 is 0 Å². The average Bonchev–Trinajstić information content (AvgIpc) is 2.75. The van der Waals surface area contributed by atoms with E-state index in [-0.39, 0.29) is 4.90 Å². The summed E-state index contributed by atoms with van der Waals surface area (Å²) in [7, 11) is -3.48. The topological polar surface area (TPSA) is 77.9 Å². The Bertz CT molecular complexity index is 900. The highest BCUT2D eigenvalue weighted by molar-refractivity contribution is 7.89. The molecule has 1 aliphatic heterocycles. The fraction of sp³-hybridized carbons (Fsp3) is 0.429. The third kappa shape index (κ3) is 5.62. The standard InChI is InChI=1S/C21H29N5O2S/c1-3-26(4-2)29(27,28)20-10-11-21(22-16-20)24-23-19-12-14-25(15-13-19)17-18-8-6-5-7-9-18/h5-11,16H,3-4,12-15,17H2,1-2H3,(H,22,24). The van der Waals surface area contributed by atoms with Crippen LogP contribution in [0, 0.1) is 0 Å². The van der Waals surface area contributed by atoms with E-state index in [0.717, 1.165) is 38.2 Å². The van der Waals surface area contributed by atoms with E-state index in [2.05, 4.69) is 44.7 Å². The number of aromatic nitrogens is 1. The summed E-state index contributed by atoms with van der Waals surface area (Å²) in [4.78, 5) is 6.85. The summed E-state index contributed by atoms with van der Waals surface area (Å²) in [5.41, 5.74) is 5.40. The van der Waals surface area contributed by atoms with Gasteiger partial charge in [0.25, 0.3) is 0 Å². The van der Waals surface area contributed by atoms with Gasteiger partial charge in [-0.05, 0) is 17.7 Å². The minimum atomic E-state index is -3.48. The summed E-state index contributed by atoms with van der Waals surface area (Å²) in [6, 6.07) is 13.7. The molecule has 8 heteroatoms. The van der Waals surface area contributed by atoms with Crippen LogP contribution < -0.4 is 5.43 Å². The van der Waals surface area contributed by atoms with Gasteiger partial charge in [-0.3, -0.25) is 10.3 Å². The molecular formula is C21H29N5O2S. The molecule has 29 heavy (non-hydrogen) atoms. The van der Waals surface area contributed by atoms with Gasteiger partial charge in [0.1, 0.15) is 10.7 Å². The Morgan fingerprint density at radius 3 is 2.34 bits per heavy atom. The van der Waals surface area contributed by atoms with Crippen molar-refractivity contribution in [2.24, 2.45) is 5.10 Å². The van der Waals surface area contributed by atoms with Crippen LogP contribution in [0.15, 0.2) is 58.7 Å². The first-order valence-corrected chi connectivity index (χ1v) is 11.5. The lowest BCUT2D eigenvalue weighted by Crippen LogP contribution is -2.33. The third-order valence-corrected chi connectivity index (χ3v) is 7.12. The lowest BCUT2D eigenvalue weighted by Gasteiger charge is -2.27. The highest BCUT2D eigenvalue weighted by Crippen LogP contribution is 2.17. The SMILES string of the molecule is CCN(CC)S(=O)(=O)c1ccc(NN=C2CCN(Cc3ccccc3)CC2)nc1. The van der Waals surface area contributed by atoms with E-state index in [1.807, 2.05) is 19.9 Å². The molecule has 1 aliphatic rings. The number of hydrogen-bond acceptors (Lipinski definition) is 6. The van der Waals surface area contributed by atoms with Crippen molar-refractivity contribution < 1.29 is 8.42 Å². The molecule has 0 radical (unpaired) electrons. The van der Waals surface area contributed by atoms with E-state index in [1.54, 1.807) is 12.1 Å². The number of piperidine rings is 1. The maximum Gasteiger partial charge on any atom is 0.244 e. The van der Waals surface area contributed by atoms with E-state index in [0.29, 0.717) is 18.9 Å². The molecule has 7 nitrogen and oxygen atoms in total. The van der Waals surface area contributed by atoms with Crippen LogP contribution in [0.5, 0.6) is 0 Å². The molecule has 0 unspecified atom stereocenters. The van der Waals surface area contributed by atoms with Gasteiger partial charge in [0, 0.05) is 57.5 Å². The van der Waals surface area contributed by atoms with Gasteiger partial charge in [-0.1, -0.05) is 44.2 Å². The van der Waals surface area contributed by atoms with Crippen LogP contribution in [-0.4, -0.2) is 54.5 Å². The van der Waals surface area contributed by atoms with Gasteiger partial charge in [0.15, 0.2) is 0 Å². The molecule has 0 atom stereocenters. The van der Waals surface area contributed by atoms with Crippen LogP contribution in [0.4, 0.5) is 5.82 Å². The molecule has 0 aliphatic carbocycles. The lowest BCUT2D eigenvalue weighted by molar-refractivity contribution is 0.266. The zero-order valence-corrected chi connectivity index (χ0v) is 17.9. The summed E-state index contributed by atoms with van der Waals surface area (Å²) in [6.45, 7) is 7.44. The average molecular weight is 416 g/mol. The van der Waals surface area contributed by atoms with Crippen molar-refractivity contribution in [1.82, 2.24) is 14.2 Å². The predicted octanol–water partition coefficient (Wildman–Crippen LogP) is 3.18. The first-order chi connectivity index (χ1) is 14.0. The number of rotatable bonds is 8. The molecule has 1 aromatic heterocycles. The molecule has 156 valence electrons. The lowest BCUT2D eigenvalue weighted by atomic mass is 10.1. The van der Waals surface area contributed by atoms with Crippen molar-refractivity contribution in [3.05, 3.63) is 54.2 Å². The molecule has 2 heterocycles. The van der Waals surface area contributed by atoms with Crippen molar-refractivity contribution in [3.8, 4) is 0 Å². The maximum absolute atomic E-state index is 12.5. The molecule has 0 spiro atoms. The van der Waals surface area contributed by atoms with Gasteiger partial charge in [-0.2, -0.15) is 9.41 Å². The molecule has 1 aromatic carbocycles. The number of sulfonamides is 1. The van der Waals surface area contributed by atoms with E-state index < -0.39 is 10.0 Å². The molecule has 0 amide bonds. The summed E-state index contributed by atoms with van der Waals surface area (Å²) in [5.74, 6) is 0.544. The first-order valence-electron chi connectivity index (χ1n) is 10.1. The van der Waals surface area contributed by atoms with Crippen LogP contribution in [0.3, 0.4) is 0 Å². The zero-order chi connectivity index (χ0) is 20.7. The first kappa shape index (κ1) is 21.4. The number of hydrazone groups is 1. The molecular weight excluding hydrogens is 386 g/mol. The molecule has 3 rings (SSSR count). The van der Waals surface area contributed by atoms with E-state index in [9.17, 15) is 8.42 Å². The number of hydrogen-bond donors (Lipinski definition) is 1. The number of likely N-dealkylation sites (tertiary alicyclic amines) is 1. The van der Waals surface area contributed by atoms with Crippen molar-refractivity contribution in [1.29, 1.82) is 0 Å². The zero-order valence-electron chi connectivity index (χ0n) is 17.1. The monoisotopic (exact) mass is 415 g/mol. The highest BCUT2D eigenvalue weighted by Gasteiger charge is 2.21. The summed E-state index contributed by atoms with van der Waals surface area (Å²) in [5, 5.41) is 4.47. The Morgan fingerprint density at radius 2 is 1.76 bits per heavy atom. The second-order valence-corrected chi connectivity index (χ2v) is 8.96. The number of benzene rings is 1. The Labute approximate surface area is 173 Å². The second kappa shape index (κ2) is 9.96. The van der Waals surface area contributed by atoms with Crippen LogP contribution in [-0.2, 0) is 16.6 Å². The van der Waals surface area contributed by atoms with Crippen LogP contribution in [0.1, 0.15) is 32.3 Å². The van der Waals surface area contributed by atoms with E-state index in [4.69, 9.17) is 0 Å². The Morgan fingerprint density at radius 1 is 1.07 bits per heavy atom. The highest BCUT2D eigenvalue weighted by atomic mass is 32.2. The normalized spacial score (nSPS) is 15.5. The van der Waals surface area contributed by atoms with Gasteiger partial charge in [-0.15, -0.1) is 0 Å². The minimum Gasteiger partial charge on any atom is -0.298 e. The summed E-state index contributed by atoms with van der Waals surface area (Å²) < 4.78 is 26.4. The molecule has 1 N–H and O–H groups in total. The van der Waals surface area contributed by atoms with Crippen molar-refractivity contribution in [2.45, 2.75) is 38.1 Å². The number of pyridine rings is 1. The fourth-order valence-electron chi connectivity index (χ4n) is 3.37. The third-order valence-electron chi connectivity index (χ3n) is 5.09. The van der Waals surface area contributed by atoms with Crippen molar-refractivity contribution in [3.63, 3.8) is 0 Å². The largest absolute Gasteiger partial charge is 0.298 e. The summed E-state index contributed by atoms with van der Waals surface area (Å²) in [6.07, 6.45) is 3.21. The van der Waals surface area contributed by atoms with Gasteiger partial charge >= 0.3 is 0 Å². The Hall–Kier alpha value is -2.29. The number of anilines is 1. The molecule has 0 bridgehead atoms. The quantitative estimate of drug-likeness (QED) is 0.670. The van der Waals surface area contributed by atoms with Crippen LogP contribution >= 0.6 is 0 Å². The molecule has 1 fully saturated rings. The molecule has 1 saturated heterocycles. The number of nitrogens with one attached hydrogen (secondary N) is 1. The second-order valence-electron chi connectivity index (χ2n) is 7.02. The van der Waals surface area contributed by atoms with Crippen LogP contribution in [0.25, 0.3) is 0 Å². The maximum atomic E-state index is 12.5. The van der Waals surface area contributed by atoms with Gasteiger partial charge in [0.05, 0.1) is 0 Å². The van der Waals surface area contributed by atoms with E-state index in [1.165, 1.54) is 16.1 Å². The summed E-state index contributed by atoms with van der Waals surface area (Å²) >= 11 is 0. The minimum absolute atomic E-state index is 0.202. The van der Waals surface area contributed by atoms with Gasteiger partial charge < -0.3 is 0 Å². The fourth-order valence-corrected chi connectivity index (χ4v) is 4.77. The molecule has 2 aromatic rings. The van der Waals surface area contributed by atoms with Crippen LogP contribution in [0.2, 0.25) is 0 Å². The predicted molar refractivity (Wildman–Crippen MR) is 116 cm³/mol. The Balaban J connectivity index is 1.53. The molecule has 0 saturated carbocycles. The van der Waals surface area contributed by atoms with Gasteiger partial charge in [0.2, 0.25) is 10.0 Å². The number of nitrogens with zero attached hydrogens (tertiary/aromatic N) is 4. The van der Waals surface area contributed by atoms with Gasteiger partial charge in [-0.25, -0.2) is 13.4 Å². The van der Waals surface area contributed by atoms with Crippen molar-refractivity contribution in [2.75, 3.05) is 31.6 Å². The Kier molecular flexibility index (Phi) is 7.35.